The molecule has 6 nitrogen and oxygen atoms in total. The van der Waals surface area contributed by atoms with E-state index < -0.39 is 10.0 Å². The van der Waals surface area contributed by atoms with E-state index in [1.54, 1.807) is 13.8 Å². The predicted molar refractivity (Wildman–Crippen MR) is 81.5 cm³/mol. The maximum atomic E-state index is 12.2. The number of anilines is 1. The Morgan fingerprint density at radius 1 is 1.29 bits per heavy atom. The molecule has 0 spiro atoms. The van der Waals surface area contributed by atoms with Gasteiger partial charge in [0, 0.05) is 24.4 Å². The van der Waals surface area contributed by atoms with Gasteiger partial charge in [-0.15, -0.1) is 0 Å². The number of sulfonamides is 1. The number of benzene rings is 1. The number of primary sulfonamides is 1. The summed E-state index contributed by atoms with van der Waals surface area (Å²) in [4.78, 5) is 12.2. The van der Waals surface area contributed by atoms with E-state index in [1.165, 1.54) is 12.1 Å². The third kappa shape index (κ3) is 3.31. The molecule has 0 atom stereocenters. The Labute approximate surface area is 124 Å². The maximum Gasteiger partial charge on any atom is 0.251 e. The van der Waals surface area contributed by atoms with E-state index in [0.717, 1.165) is 16.7 Å². The van der Waals surface area contributed by atoms with Crippen molar-refractivity contribution in [3.63, 3.8) is 0 Å². The Bertz CT molecular complexity index is 730. The van der Waals surface area contributed by atoms with E-state index in [2.05, 4.69) is 10.6 Å². The molecule has 0 aliphatic carbocycles. The first-order chi connectivity index (χ1) is 9.70. The highest BCUT2D eigenvalue weighted by Crippen LogP contribution is 2.24. The van der Waals surface area contributed by atoms with Crippen LogP contribution in [0.4, 0.5) is 5.69 Å². The van der Waals surface area contributed by atoms with Gasteiger partial charge in [0.1, 0.15) is 0 Å². The van der Waals surface area contributed by atoms with Crippen molar-refractivity contribution in [1.29, 1.82) is 0 Å². The third-order valence-corrected chi connectivity index (χ3v) is 4.66. The van der Waals surface area contributed by atoms with Gasteiger partial charge in [0.15, 0.2) is 0 Å². The van der Waals surface area contributed by atoms with Crippen molar-refractivity contribution in [1.82, 2.24) is 5.32 Å². The molecule has 0 aromatic heterocycles. The van der Waals surface area contributed by atoms with Gasteiger partial charge in [-0.25, -0.2) is 13.6 Å². The first-order valence-electron chi connectivity index (χ1n) is 6.55. The second-order valence-corrected chi connectivity index (χ2v) is 6.81. The second kappa shape index (κ2) is 5.59. The van der Waals surface area contributed by atoms with Crippen molar-refractivity contribution < 1.29 is 13.2 Å². The standard InChI is InChI=1S/C14H19N3O3S/c1-8-4-12(21(15,19)20)5-13(9(8)2)17-14(18)10(3)11-6-16-7-11/h4-5,16H,6-7H2,1-3H3,(H,17,18)(H2,15,19,20). The van der Waals surface area contributed by atoms with Crippen LogP contribution in [0.25, 0.3) is 0 Å². The van der Waals surface area contributed by atoms with Gasteiger partial charge in [-0.2, -0.15) is 0 Å². The van der Waals surface area contributed by atoms with E-state index in [0.29, 0.717) is 24.4 Å². The molecule has 1 amide bonds. The molecule has 1 heterocycles. The zero-order valence-electron chi connectivity index (χ0n) is 12.3. The van der Waals surface area contributed by atoms with Crippen LogP contribution in [0, 0.1) is 13.8 Å². The lowest BCUT2D eigenvalue weighted by atomic mass is 10.0. The molecular formula is C14H19N3O3S. The molecule has 21 heavy (non-hydrogen) atoms. The fraction of sp³-hybridized carbons (Fsp3) is 0.357. The zero-order chi connectivity index (χ0) is 15.8. The van der Waals surface area contributed by atoms with Crippen LogP contribution in [0.3, 0.4) is 0 Å². The Hall–Kier alpha value is -1.70. The van der Waals surface area contributed by atoms with Crippen molar-refractivity contribution in [2.75, 3.05) is 18.4 Å². The highest BCUT2D eigenvalue weighted by atomic mass is 32.2. The molecule has 1 aliphatic heterocycles. The lowest BCUT2D eigenvalue weighted by Gasteiger charge is -2.22. The quantitative estimate of drug-likeness (QED) is 0.719. The van der Waals surface area contributed by atoms with Crippen LogP contribution >= 0.6 is 0 Å². The first kappa shape index (κ1) is 15.7. The topological polar surface area (TPSA) is 101 Å². The number of amides is 1. The van der Waals surface area contributed by atoms with Gasteiger partial charge in [-0.05, 0) is 49.6 Å². The first-order valence-corrected chi connectivity index (χ1v) is 8.09. The zero-order valence-corrected chi connectivity index (χ0v) is 13.1. The average Bonchev–Trinajstić information content (AvgIpc) is 2.31. The van der Waals surface area contributed by atoms with Gasteiger partial charge in [-0.1, -0.05) is 0 Å². The van der Waals surface area contributed by atoms with Crippen LogP contribution in [0.1, 0.15) is 18.1 Å². The van der Waals surface area contributed by atoms with Gasteiger partial charge in [-0.3, -0.25) is 4.79 Å². The van der Waals surface area contributed by atoms with Gasteiger partial charge in [0.25, 0.3) is 5.91 Å². The predicted octanol–water partition coefficient (Wildman–Crippen LogP) is 0.809. The van der Waals surface area contributed by atoms with Crippen LogP contribution in [0.5, 0.6) is 0 Å². The summed E-state index contributed by atoms with van der Waals surface area (Å²) in [6, 6.07) is 2.90. The Morgan fingerprint density at radius 3 is 2.38 bits per heavy atom. The van der Waals surface area contributed by atoms with Crippen molar-refractivity contribution in [3.8, 4) is 0 Å². The van der Waals surface area contributed by atoms with Crippen LogP contribution in [-0.2, 0) is 14.8 Å². The van der Waals surface area contributed by atoms with E-state index in [9.17, 15) is 13.2 Å². The molecule has 0 radical (unpaired) electrons. The summed E-state index contributed by atoms with van der Waals surface area (Å²) in [5.74, 6) is -0.222. The number of carbonyl (C=O) groups excluding carboxylic acids is 1. The van der Waals surface area contributed by atoms with Crippen molar-refractivity contribution in [2.45, 2.75) is 25.7 Å². The molecule has 7 heteroatoms. The molecule has 1 saturated heterocycles. The number of aryl methyl sites for hydroxylation is 1. The van der Waals surface area contributed by atoms with E-state index >= 15 is 0 Å². The Kier molecular flexibility index (Phi) is 4.18. The lowest BCUT2D eigenvalue weighted by molar-refractivity contribution is -0.112. The lowest BCUT2D eigenvalue weighted by Crippen LogP contribution is -2.36. The van der Waals surface area contributed by atoms with E-state index in [-0.39, 0.29) is 10.8 Å². The maximum absolute atomic E-state index is 12.2. The highest BCUT2D eigenvalue weighted by molar-refractivity contribution is 7.89. The third-order valence-electron chi connectivity index (χ3n) is 3.77. The molecule has 4 N–H and O–H groups in total. The Morgan fingerprint density at radius 2 is 1.90 bits per heavy atom. The summed E-state index contributed by atoms with van der Waals surface area (Å²) < 4.78 is 23.0. The summed E-state index contributed by atoms with van der Waals surface area (Å²) in [7, 11) is -3.80. The van der Waals surface area contributed by atoms with Crippen LogP contribution in [0.2, 0.25) is 0 Å². The smallest absolute Gasteiger partial charge is 0.251 e. The summed E-state index contributed by atoms with van der Waals surface area (Å²) in [5.41, 5.74) is 3.76. The minimum Gasteiger partial charge on any atom is -0.322 e. The van der Waals surface area contributed by atoms with Crippen LogP contribution in [0.15, 0.2) is 28.2 Å². The normalized spacial score (nSPS) is 14.6. The molecule has 0 saturated carbocycles. The number of hydrogen-bond acceptors (Lipinski definition) is 4. The summed E-state index contributed by atoms with van der Waals surface area (Å²) in [6.07, 6.45) is 0. The van der Waals surface area contributed by atoms with E-state index in [1.807, 2.05) is 6.92 Å². The molecular weight excluding hydrogens is 290 g/mol. The average molecular weight is 309 g/mol. The van der Waals surface area contributed by atoms with Crippen LogP contribution in [-0.4, -0.2) is 27.4 Å². The molecule has 1 aromatic carbocycles. The van der Waals surface area contributed by atoms with Crippen molar-refractivity contribution in [3.05, 3.63) is 34.4 Å². The number of rotatable bonds is 3. The molecule has 1 aromatic rings. The van der Waals surface area contributed by atoms with Crippen molar-refractivity contribution in [2.24, 2.45) is 5.14 Å². The number of hydrogen-bond donors (Lipinski definition) is 3. The number of nitrogens with two attached hydrogens (primary N) is 1. The molecule has 2 rings (SSSR count). The molecule has 114 valence electrons. The molecule has 0 bridgehead atoms. The van der Waals surface area contributed by atoms with Gasteiger partial charge >= 0.3 is 0 Å². The monoisotopic (exact) mass is 309 g/mol. The van der Waals surface area contributed by atoms with Gasteiger partial charge in [0.2, 0.25) is 10.0 Å². The SMILES string of the molecule is CC(C(=O)Nc1cc(S(N)(=O)=O)cc(C)c1C)=C1CNC1. The van der Waals surface area contributed by atoms with E-state index in [4.69, 9.17) is 5.14 Å². The molecule has 1 aliphatic rings. The number of carbonyl (C=O) groups is 1. The molecule has 1 fully saturated rings. The summed E-state index contributed by atoms with van der Waals surface area (Å²) >= 11 is 0. The highest BCUT2D eigenvalue weighted by Gasteiger charge is 2.18. The summed E-state index contributed by atoms with van der Waals surface area (Å²) in [6.45, 7) is 6.80. The van der Waals surface area contributed by atoms with Gasteiger partial charge in [0.05, 0.1) is 4.90 Å². The fourth-order valence-electron chi connectivity index (χ4n) is 2.01. The van der Waals surface area contributed by atoms with Gasteiger partial charge < -0.3 is 10.6 Å². The van der Waals surface area contributed by atoms with Crippen molar-refractivity contribution >= 4 is 21.6 Å². The fourth-order valence-corrected chi connectivity index (χ4v) is 2.64. The molecule has 0 unspecified atom stereocenters. The minimum absolute atomic E-state index is 0.00323. The van der Waals surface area contributed by atoms with Crippen LogP contribution < -0.4 is 15.8 Å². The Balaban J connectivity index is 2.36. The largest absolute Gasteiger partial charge is 0.322 e. The minimum atomic E-state index is -3.80. The number of nitrogens with one attached hydrogen (secondary N) is 2. The second-order valence-electron chi connectivity index (χ2n) is 5.24. The summed E-state index contributed by atoms with van der Waals surface area (Å²) in [5, 5.41) is 11.0.